The Kier molecular flexibility index (Phi) is 5.20. The number of benzene rings is 1. The van der Waals surface area contributed by atoms with Crippen LogP contribution < -0.4 is 5.32 Å². The van der Waals surface area contributed by atoms with Crippen molar-refractivity contribution in [3.8, 4) is 0 Å². The van der Waals surface area contributed by atoms with Crippen LogP contribution in [0, 0.1) is 6.92 Å². The molecule has 1 aromatic carbocycles. The Morgan fingerprint density at radius 3 is 2.67 bits per heavy atom. The zero-order valence-electron chi connectivity index (χ0n) is 11.7. The van der Waals surface area contributed by atoms with Gasteiger partial charge in [0.25, 0.3) is 0 Å². The highest BCUT2D eigenvalue weighted by Gasteiger charge is 2.15. The Bertz CT molecular complexity index is 394. The maximum absolute atomic E-state index is 11.4. The summed E-state index contributed by atoms with van der Waals surface area (Å²) >= 11 is 0. The van der Waals surface area contributed by atoms with Gasteiger partial charge in [-0.15, -0.1) is 0 Å². The third-order valence-corrected chi connectivity index (χ3v) is 2.39. The fourth-order valence-corrected chi connectivity index (χ4v) is 1.66. The summed E-state index contributed by atoms with van der Waals surface area (Å²) in [4.78, 5) is 11.4. The van der Waals surface area contributed by atoms with E-state index in [0.717, 1.165) is 12.8 Å². The van der Waals surface area contributed by atoms with Gasteiger partial charge in [-0.25, -0.2) is 4.79 Å². The molecule has 1 amide bonds. The van der Waals surface area contributed by atoms with Crippen LogP contribution in [0.5, 0.6) is 0 Å². The summed E-state index contributed by atoms with van der Waals surface area (Å²) in [7, 11) is 0. The standard InChI is InChI=1S/C15H23NO2/c1-12-7-5-8-13(11-12)9-6-10-16-14(17)18-15(2,3)4/h5,7-8,11H,6,9-10H2,1-4H3,(H,16,17). The van der Waals surface area contributed by atoms with E-state index in [-0.39, 0.29) is 6.09 Å². The van der Waals surface area contributed by atoms with Gasteiger partial charge in [-0.3, -0.25) is 0 Å². The van der Waals surface area contributed by atoms with Crippen LogP contribution in [0.25, 0.3) is 0 Å². The van der Waals surface area contributed by atoms with Gasteiger partial charge in [0.05, 0.1) is 0 Å². The molecule has 0 radical (unpaired) electrons. The van der Waals surface area contributed by atoms with E-state index in [9.17, 15) is 4.79 Å². The number of rotatable bonds is 4. The van der Waals surface area contributed by atoms with Crippen LogP contribution >= 0.6 is 0 Å². The second kappa shape index (κ2) is 6.43. The molecule has 0 aliphatic rings. The molecule has 100 valence electrons. The van der Waals surface area contributed by atoms with Crippen LogP contribution in [0.4, 0.5) is 4.79 Å². The lowest BCUT2D eigenvalue weighted by Gasteiger charge is -2.19. The molecule has 0 heterocycles. The molecule has 0 aromatic heterocycles. The van der Waals surface area contributed by atoms with Gasteiger partial charge in [-0.1, -0.05) is 29.8 Å². The Morgan fingerprint density at radius 1 is 1.33 bits per heavy atom. The predicted molar refractivity (Wildman–Crippen MR) is 73.7 cm³/mol. The van der Waals surface area contributed by atoms with Gasteiger partial charge >= 0.3 is 6.09 Å². The highest BCUT2D eigenvalue weighted by Crippen LogP contribution is 2.07. The van der Waals surface area contributed by atoms with Crippen LogP contribution in [0.3, 0.4) is 0 Å². The number of carbonyl (C=O) groups is 1. The molecule has 0 aliphatic carbocycles. The maximum Gasteiger partial charge on any atom is 0.407 e. The van der Waals surface area contributed by atoms with Gasteiger partial charge in [0.2, 0.25) is 0 Å². The van der Waals surface area contributed by atoms with Crippen molar-refractivity contribution in [1.82, 2.24) is 5.32 Å². The molecular weight excluding hydrogens is 226 g/mol. The fraction of sp³-hybridized carbons (Fsp3) is 0.533. The predicted octanol–water partition coefficient (Wildman–Crippen LogP) is 3.45. The average molecular weight is 249 g/mol. The molecule has 1 aromatic rings. The molecule has 0 spiro atoms. The molecule has 1 N–H and O–H groups in total. The maximum atomic E-state index is 11.4. The highest BCUT2D eigenvalue weighted by atomic mass is 16.6. The van der Waals surface area contributed by atoms with Gasteiger partial charge in [-0.05, 0) is 46.1 Å². The molecule has 18 heavy (non-hydrogen) atoms. The Labute approximate surface area is 110 Å². The number of ether oxygens (including phenoxy) is 1. The largest absolute Gasteiger partial charge is 0.444 e. The average Bonchev–Trinajstić information content (AvgIpc) is 2.22. The van der Waals surface area contributed by atoms with Crippen molar-refractivity contribution in [3.63, 3.8) is 0 Å². The molecule has 0 saturated carbocycles. The van der Waals surface area contributed by atoms with Crippen molar-refractivity contribution in [2.75, 3.05) is 6.54 Å². The molecule has 3 heteroatoms. The first-order valence-electron chi connectivity index (χ1n) is 6.39. The molecule has 0 atom stereocenters. The van der Waals surface area contributed by atoms with E-state index in [2.05, 4.69) is 36.5 Å². The molecule has 0 fully saturated rings. The summed E-state index contributed by atoms with van der Waals surface area (Å²) in [5.41, 5.74) is 2.15. The number of aryl methyl sites for hydroxylation is 2. The van der Waals surface area contributed by atoms with Gasteiger partial charge < -0.3 is 10.1 Å². The fourth-order valence-electron chi connectivity index (χ4n) is 1.66. The van der Waals surface area contributed by atoms with Crippen molar-refractivity contribution in [2.45, 2.75) is 46.1 Å². The van der Waals surface area contributed by atoms with Crippen molar-refractivity contribution in [1.29, 1.82) is 0 Å². The second-order valence-corrected chi connectivity index (χ2v) is 5.52. The van der Waals surface area contributed by atoms with Gasteiger partial charge in [0, 0.05) is 6.54 Å². The number of carbonyl (C=O) groups excluding carboxylic acids is 1. The number of amides is 1. The molecule has 0 unspecified atom stereocenters. The van der Waals surface area contributed by atoms with Crippen LogP contribution in [0.2, 0.25) is 0 Å². The molecule has 0 bridgehead atoms. The minimum Gasteiger partial charge on any atom is -0.444 e. The van der Waals surface area contributed by atoms with Gasteiger partial charge in [-0.2, -0.15) is 0 Å². The van der Waals surface area contributed by atoms with Crippen LogP contribution in [-0.2, 0) is 11.2 Å². The van der Waals surface area contributed by atoms with Crippen LogP contribution in [0.1, 0.15) is 38.3 Å². The lowest BCUT2D eigenvalue weighted by molar-refractivity contribution is 0.0527. The Hall–Kier alpha value is -1.51. The van der Waals surface area contributed by atoms with E-state index < -0.39 is 5.60 Å². The lowest BCUT2D eigenvalue weighted by Crippen LogP contribution is -2.33. The second-order valence-electron chi connectivity index (χ2n) is 5.52. The highest BCUT2D eigenvalue weighted by molar-refractivity contribution is 5.67. The van der Waals surface area contributed by atoms with E-state index in [4.69, 9.17) is 4.74 Å². The van der Waals surface area contributed by atoms with Crippen LogP contribution in [-0.4, -0.2) is 18.2 Å². The zero-order chi connectivity index (χ0) is 13.6. The summed E-state index contributed by atoms with van der Waals surface area (Å²) in [6.07, 6.45) is 1.55. The Balaban J connectivity index is 2.21. The molecule has 3 nitrogen and oxygen atoms in total. The summed E-state index contributed by atoms with van der Waals surface area (Å²) < 4.78 is 5.16. The molecular formula is C15H23NO2. The van der Waals surface area contributed by atoms with E-state index in [1.807, 2.05) is 20.8 Å². The molecule has 1 rings (SSSR count). The smallest absolute Gasteiger partial charge is 0.407 e. The first kappa shape index (κ1) is 14.6. The van der Waals surface area contributed by atoms with E-state index >= 15 is 0 Å². The van der Waals surface area contributed by atoms with Crippen molar-refractivity contribution >= 4 is 6.09 Å². The van der Waals surface area contributed by atoms with E-state index in [1.54, 1.807) is 0 Å². The first-order chi connectivity index (χ1) is 8.37. The summed E-state index contributed by atoms with van der Waals surface area (Å²) in [5, 5.41) is 2.76. The minimum atomic E-state index is -0.430. The topological polar surface area (TPSA) is 38.3 Å². The number of hydrogen-bond donors (Lipinski definition) is 1. The van der Waals surface area contributed by atoms with Crippen molar-refractivity contribution in [3.05, 3.63) is 35.4 Å². The summed E-state index contributed by atoms with van der Waals surface area (Å²) in [5.74, 6) is 0. The van der Waals surface area contributed by atoms with Crippen LogP contribution in [0.15, 0.2) is 24.3 Å². The van der Waals surface area contributed by atoms with Gasteiger partial charge in [0.15, 0.2) is 0 Å². The van der Waals surface area contributed by atoms with Crippen molar-refractivity contribution < 1.29 is 9.53 Å². The monoisotopic (exact) mass is 249 g/mol. The normalized spacial score (nSPS) is 11.1. The van der Waals surface area contributed by atoms with E-state index in [0.29, 0.717) is 6.54 Å². The summed E-state index contributed by atoms with van der Waals surface area (Å²) in [6.45, 7) is 8.31. The zero-order valence-corrected chi connectivity index (χ0v) is 11.7. The molecule has 0 aliphatic heterocycles. The first-order valence-corrected chi connectivity index (χ1v) is 6.39. The third kappa shape index (κ3) is 6.28. The quantitative estimate of drug-likeness (QED) is 0.830. The minimum absolute atomic E-state index is 0.341. The molecule has 0 saturated heterocycles. The summed E-state index contributed by atoms with van der Waals surface area (Å²) in [6, 6.07) is 8.43. The lowest BCUT2D eigenvalue weighted by atomic mass is 10.1. The van der Waals surface area contributed by atoms with Gasteiger partial charge in [0.1, 0.15) is 5.60 Å². The number of alkyl carbamates (subject to hydrolysis) is 1. The Morgan fingerprint density at radius 2 is 2.06 bits per heavy atom. The van der Waals surface area contributed by atoms with Crippen molar-refractivity contribution in [2.24, 2.45) is 0 Å². The number of nitrogens with one attached hydrogen (secondary N) is 1. The third-order valence-electron chi connectivity index (χ3n) is 2.39. The SMILES string of the molecule is Cc1cccc(CCCNC(=O)OC(C)(C)C)c1. The number of hydrogen-bond acceptors (Lipinski definition) is 2. The van der Waals surface area contributed by atoms with E-state index in [1.165, 1.54) is 11.1 Å².